The van der Waals surface area contributed by atoms with Crippen LogP contribution in [0.4, 0.5) is 0 Å². The highest BCUT2D eigenvalue weighted by molar-refractivity contribution is 9.10. The van der Waals surface area contributed by atoms with Crippen molar-refractivity contribution >= 4 is 38.0 Å². The molecular weight excluding hydrogens is 270 g/mol. The molecule has 3 aromatic rings. The number of nitrogens with zero attached hydrogens (tertiary/aromatic N) is 3. The van der Waals surface area contributed by atoms with Crippen LogP contribution in [0.25, 0.3) is 22.1 Å². The second-order valence-electron chi connectivity index (χ2n) is 3.26. The van der Waals surface area contributed by atoms with E-state index in [-0.39, 0.29) is 5.82 Å². The van der Waals surface area contributed by atoms with Crippen molar-refractivity contribution in [1.82, 2.24) is 9.97 Å². The highest BCUT2D eigenvalue weighted by Crippen LogP contribution is 2.28. The third-order valence-corrected chi connectivity index (χ3v) is 2.77. The van der Waals surface area contributed by atoms with Crippen LogP contribution in [-0.4, -0.2) is 9.97 Å². The van der Waals surface area contributed by atoms with Crippen molar-refractivity contribution in [3.8, 4) is 6.07 Å². The third kappa shape index (κ3) is 1.27. The Morgan fingerprint density at radius 1 is 1.31 bits per heavy atom. The molecule has 3 rings (SSSR count). The fraction of sp³-hybridized carbons (Fsp3) is 0. The van der Waals surface area contributed by atoms with Gasteiger partial charge in [0.1, 0.15) is 17.2 Å². The predicted molar refractivity (Wildman–Crippen MR) is 61.7 cm³/mol. The molecule has 1 aromatic carbocycles. The van der Waals surface area contributed by atoms with Crippen LogP contribution in [0.1, 0.15) is 5.82 Å². The van der Waals surface area contributed by atoms with Crippen molar-refractivity contribution in [2.75, 3.05) is 0 Å². The minimum absolute atomic E-state index is 0.148. The average molecular weight is 274 g/mol. The maximum Gasteiger partial charge on any atom is 0.232 e. The summed E-state index contributed by atoms with van der Waals surface area (Å²) < 4.78 is 6.50. The molecule has 5 heteroatoms. The van der Waals surface area contributed by atoms with Crippen LogP contribution >= 0.6 is 15.9 Å². The quantitative estimate of drug-likeness (QED) is 0.632. The smallest absolute Gasteiger partial charge is 0.232 e. The molecule has 0 saturated heterocycles. The summed E-state index contributed by atoms with van der Waals surface area (Å²) in [5, 5.41) is 9.62. The lowest BCUT2D eigenvalue weighted by molar-refractivity contribution is 0.665. The van der Waals surface area contributed by atoms with Gasteiger partial charge in [0.25, 0.3) is 0 Å². The number of nitriles is 1. The van der Waals surface area contributed by atoms with E-state index < -0.39 is 0 Å². The Kier molecular flexibility index (Phi) is 1.91. The number of benzene rings is 1. The number of halogens is 1. The molecule has 0 unspecified atom stereocenters. The Bertz CT molecular complexity index is 742. The van der Waals surface area contributed by atoms with Gasteiger partial charge in [0.15, 0.2) is 5.58 Å². The number of furan rings is 1. The van der Waals surface area contributed by atoms with Gasteiger partial charge in [-0.1, -0.05) is 15.9 Å². The van der Waals surface area contributed by atoms with Gasteiger partial charge < -0.3 is 4.42 Å². The summed E-state index contributed by atoms with van der Waals surface area (Å²) in [5.41, 5.74) is 2.00. The van der Waals surface area contributed by atoms with E-state index >= 15 is 0 Å². The van der Waals surface area contributed by atoms with Crippen molar-refractivity contribution in [2.24, 2.45) is 0 Å². The molecule has 0 spiro atoms. The Balaban J connectivity index is 2.50. The molecule has 2 heterocycles. The lowest BCUT2D eigenvalue weighted by atomic mass is 10.2. The Morgan fingerprint density at radius 2 is 2.19 bits per heavy atom. The molecule has 0 atom stereocenters. The fourth-order valence-electron chi connectivity index (χ4n) is 1.59. The van der Waals surface area contributed by atoms with Crippen LogP contribution in [0.2, 0.25) is 0 Å². The molecule has 0 radical (unpaired) electrons. The zero-order valence-electron chi connectivity index (χ0n) is 7.94. The zero-order chi connectivity index (χ0) is 11.1. The van der Waals surface area contributed by atoms with Gasteiger partial charge in [0.2, 0.25) is 5.82 Å². The van der Waals surface area contributed by atoms with E-state index in [4.69, 9.17) is 9.68 Å². The predicted octanol–water partition coefficient (Wildman–Crippen LogP) is 3.01. The first-order valence-electron chi connectivity index (χ1n) is 4.53. The Labute approximate surface area is 98.7 Å². The van der Waals surface area contributed by atoms with Crippen LogP contribution in [0.5, 0.6) is 0 Å². The third-order valence-electron chi connectivity index (χ3n) is 2.27. The van der Waals surface area contributed by atoms with E-state index in [9.17, 15) is 0 Å². The van der Waals surface area contributed by atoms with E-state index in [1.165, 1.54) is 6.20 Å². The average Bonchev–Trinajstić information content (AvgIpc) is 2.66. The van der Waals surface area contributed by atoms with Gasteiger partial charge in [-0.25, -0.2) is 9.97 Å². The van der Waals surface area contributed by atoms with Crippen LogP contribution in [0, 0.1) is 11.3 Å². The molecule has 0 N–H and O–H groups in total. The summed E-state index contributed by atoms with van der Waals surface area (Å²) in [4.78, 5) is 8.00. The van der Waals surface area contributed by atoms with Crippen LogP contribution in [0.3, 0.4) is 0 Å². The van der Waals surface area contributed by atoms with Crippen LogP contribution in [0.15, 0.2) is 33.3 Å². The van der Waals surface area contributed by atoms with Crippen LogP contribution in [-0.2, 0) is 0 Å². The SMILES string of the molecule is N#Cc1ncc2oc3ccc(Br)cc3c2n1. The molecule has 0 aliphatic rings. The van der Waals surface area contributed by atoms with E-state index in [0.717, 1.165) is 15.4 Å². The summed E-state index contributed by atoms with van der Waals surface area (Å²) in [6.07, 6.45) is 1.52. The molecule has 0 bridgehead atoms. The second-order valence-corrected chi connectivity index (χ2v) is 4.18. The number of hydrogen-bond donors (Lipinski definition) is 0. The standard InChI is InChI=1S/C11H4BrN3O/c12-6-1-2-8-7(3-6)11-9(16-8)5-14-10(4-13)15-11/h1-3,5H. The molecular formula is C11H4BrN3O. The van der Waals surface area contributed by atoms with Gasteiger partial charge in [-0.05, 0) is 18.2 Å². The number of aromatic nitrogens is 2. The van der Waals surface area contributed by atoms with Gasteiger partial charge in [-0.15, -0.1) is 0 Å². The lowest BCUT2D eigenvalue weighted by Crippen LogP contribution is -1.86. The molecule has 0 aliphatic carbocycles. The number of fused-ring (bicyclic) bond motifs is 3. The van der Waals surface area contributed by atoms with Crippen molar-refractivity contribution in [1.29, 1.82) is 5.26 Å². The Hall–Kier alpha value is -1.93. The second kappa shape index (κ2) is 3.29. The highest BCUT2D eigenvalue weighted by atomic mass is 79.9. The van der Waals surface area contributed by atoms with Gasteiger partial charge in [0, 0.05) is 9.86 Å². The molecule has 16 heavy (non-hydrogen) atoms. The van der Waals surface area contributed by atoms with E-state index in [1.54, 1.807) is 0 Å². The summed E-state index contributed by atoms with van der Waals surface area (Å²) in [6, 6.07) is 7.57. The molecule has 76 valence electrons. The molecule has 4 nitrogen and oxygen atoms in total. The molecule has 0 amide bonds. The minimum atomic E-state index is 0.148. The van der Waals surface area contributed by atoms with Crippen LogP contribution < -0.4 is 0 Å². The molecule has 2 aromatic heterocycles. The largest absolute Gasteiger partial charge is 0.453 e. The van der Waals surface area contributed by atoms with Crippen molar-refractivity contribution < 1.29 is 4.42 Å². The minimum Gasteiger partial charge on any atom is -0.453 e. The maximum atomic E-state index is 8.75. The van der Waals surface area contributed by atoms with Crippen molar-refractivity contribution in [2.45, 2.75) is 0 Å². The van der Waals surface area contributed by atoms with E-state index in [2.05, 4.69) is 25.9 Å². The van der Waals surface area contributed by atoms with E-state index in [0.29, 0.717) is 11.1 Å². The van der Waals surface area contributed by atoms with Crippen molar-refractivity contribution in [3.05, 3.63) is 34.7 Å². The van der Waals surface area contributed by atoms with Gasteiger partial charge >= 0.3 is 0 Å². The zero-order valence-corrected chi connectivity index (χ0v) is 9.52. The molecule has 0 aliphatic heterocycles. The number of hydrogen-bond acceptors (Lipinski definition) is 4. The Morgan fingerprint density at radius 3 is 3.00 bits per heavy atom. The first-order chi connectivity index (χ1) is 7.78. The lowest BCUT2D eigenvalue weighted by Gasteiger charge is -1.90. The van der Waals surface area contributed by atoms with E-state index in [1.807, 2.05) is 24.3 Å². The molecule has 0 saturated carbocycles. The number of rotatable bonds is 0. The highest BCUT2D eigenvalue weighted by Gasteiger charge is 2.09. The fourth-order valence-corrected chi connectivity index (χ4v) is 1.95. The normalized spacial score (nSPS) is 10.8. The monoisotopic (exact) mass is 273 g/mol. The first kappa shape index (κ1) is 9.31. The topological polar surface area (TPSA) is 62.7 Å². The van der Waals surface area contributed by atoms with Gasteiger partial charge in [-0.3, -0.25) is 0 Å². The maximum absolute atomic E-state index is 8.75. The summed E-state index contributed by atoms with van der Waals surface area (Å²) >= 11 is 3.39. The summed E-state index contributed by atoms with van der Waals surface area (Å²) in [6.45, 7) is 0. The van der Waals surface area contributed by atoms with Crippen molar-refractivity contribution in [3.63, 3.8) is 0 Å². The summed E-state index contributed by atoms with van der Waals surface area (Å²) in [7, 11) is 0. The van der Waals surface area contributed by atoms with Gasteiger partial charge in [0.05, 0.1) is 6.20 Å². The molecule has 0 fully saturated rings. The first-order valence-corrected chi connectivity index (χ1v) is 5.32. The van der Waals surface area contributed by atoms with Gasteiger partial charge in [-0.2, -0.15) is 5.26 Å². The summed E-state index contributed by atoms with van der Waals surface area (Å²) in [5.74, 6) is 0.148.